The minimum absolute atomic E-state index is 0.409. The van der Waals surface area contributed by atoms with E-state index in [-0.39, 0.29) is 0 Å². The normalized spacial score (nSPS) is 33.5. The number of rotatable bonds is 2. The second kappa shape index (κ2) is 4.40. The summed E-state index contributed by atoms with van der Waals surface area (Å²) in [6, 6.07) is 0.593. The van der Waals surface area contributed by atoms with Crippen LogP contribution in [0.15, 0.2) is 0 Å². The Morgan fingerprint density at radius 1 is 1.38 bits per heavy atom. The maximum absolute atomic E-state index is 5.75. The molecular weight excluding hydrogens is 164 g/mol. The van der Waals surface area contributed by atoms with Crippen LogP contribution in [0.2, 0.25) is 0 Å². The van der Waals surface area contributed by atoms with Crippen LogP contribution >= 0.6 is 0 Å². The number of nitrogens with one attached hydrogen (secondary N) is 1. The summed E-state index contributed by atoms with van der Waals surface area (Å²) >= 11 is 0. The van der Waals surface area contributed by atoms with Crippen molar-refractivity contribution in [3.63, 3.8) is 0 Å². The molecule has 2 aliphatic heterocycles. The standard InChI is InChI=1S/C10H20N2O/c1-9(12-5-2-3-6-12)10-8-11-4-7-13-10/h9-11H,2-8H2,1H3. The first-order valence-electron chi connectivity index (χ1n) is 5.44. The van der Waals surface area contributed by atoms with Crippen LogP contribution in [0, 0.1) is 0 Å². The Labute approximate surface area is 80.4 Å². The molecule has 76 valence electrons. The molecule has 3 nitrogen and oxygen atoms in total. The summed E-state index contributed by atoms with van der Waals surface area (Å²) in [6.45, 7) is 7.74. The maximum atomic E-state index is 5.75. The molecule has 2 saturated heterocycles. The molecule has 2 atom stereocenters. The molecule has 0 radical (unpaired) electrons. The topological polar surface area (TPSA) is 24.5 Å². The average molecular weight is 184 g/mol. The largest absolute Gasteiger partial charge is 0.374 e. The van der Waals surface area contributed by atoms with Crippen molar-refractivity contribution in [3.05, 3.63) is 0 Å². The third-order valence-electron chi connectivity index (χ3n) is 3.21. The van der Waals surface area contributed by atoms with Crippen LogP contribution in [0.4, 0.5) is 0 Å². The van der Waals surface area contributed by atoms with Crippen molar-refractivity contribution in [2.75, 3.05) is 32.8 Å². The Hall–Kier alpha value is -0.120. The van der Waals surface area contributed by atoms with Gasteiger partial charge >= 0.3 is 0 Å². The molecule has 0 aromatic heterocycles. The van der Waals surface area contributed by atoms with Crippen molar-refractivity contribution >= 4 is 0 Å². The molecule has 0 bridgehead atoms. The Kier molecular flexibility index (Phi) is 3.19. The molecule has 1 N–H and O–H groups in total. The van der Waals surface area contributed by atoms with Crippen molar-refractivity contribution in [1.29, 1.82) is 0 Å². The molecule has 13 heavy (non-hydrogen) atoms. The summed E-state index contributed by atoms with van der Waals surface area (Å²) in [5, 5.41) is 3.39. The van der Waals surface area contributed by atoms with Gasteiger partial charge < -0.3 is 10.1 Å². The highest BCUT2D eigenvalue weighted by Gasteiger charge is 2.27. The molecule has 3 heteroatoms. The highest BCUT2D eigenvalue weighted by atomic mass is 16.5. The fourth-order valence-corrected chi connectivity index (χ4v) is 2.28. The predicted molar refractivity (Wildman–Crippen MR) is 52.9 cm³/mol. The van der Waals surface area contributed by atoms with E-state index in [1.54, 1.807) is 0 Å². The van der Waals surface area contributed by atoms with E-state index in [9.17, 15) is 0 Å². The molecule has 0 aromatic carbocycles. The van der Waals surface area contributed by atoms with E-state index in [2.05, 4.69) is 17.1 Å². The van der Waals surface area contributed by atoms with E-state index in [4.69, 9.17) is 4.74 Å². The Bertz CT molecular complexity index is 151. The zero-order valence-electron chi connectivity index (χ0n) is 8.46. The predicted octanol–water partition coefficient (Wildman–Crippen LogP) is 0.459. The van der Waals surface area contributed by atoms with Gasteiger partial charge in [-0.1, -0.05) is 0 Å². The van der Waals surface area contributed by atoms with Crippen LogP contribution in [0.5, 0.6) is 0 Å². The molecule has 2 unspecified atom stereocenters. The maximum Gasteiger partial charge on any atom is 0.0852 e. The van der Waals surface area contributed by atoms with Gasteiger partial charge in [-0.05, 0) is 32.9 Å². The lowest BCUT2D eigenvalue weighted by Gasteiger charge is -2.34. The minimum atomic E-state index is 0.409. The molecule has 0 aliphatic carbocycles. The van der Waals surface area contributed by atoms with Gasteiger partial charge in [0.1, 0.15) is 0 Å². The molecule has 2 aliphatic rings. The van der Waals surface area contributed by atoms with E-state index >= 15 is 0 Å². The first-order chi connectivity index (χ1) is 6.38. The molecule has 0 aromatic rings. The van der Waals surface area contributed by atoms with Crippen LogP contribution in [0.3, 0.4) is 0 Å². The van der Waals surface area contributed by atoms with Crippen molar-refractivity contribution < 1.29 is 4.74 Å². The summed E-state index contributed by atoms with van der Waals surface area (Å²) in [4.78, 5) is 2.55. The van der Waals surface area contributed by atoms with Gasteiger partial charge in [0.25, 0.3) is 0 Å². The van der Waals surface area contributed by atoms with Gasteiger partial charge in [-0.3, -0.25) is 4.90 Å². The van der Waals surface area contributed by atoms with Gasteiger partial charge in [-0.15, -0.1) is 0 Å². The molecule has 2 rings (SSSR count). The van der Waals surface area contributed by atoms with Gasteiger partial charge in [0.2, 0.25) is 0 Å². The second-order valence-corrected chi connectivity index (χ2v) is 4.10. The lowest BCUT2D eigenvalue weighted by atomic mass is 10.1. The Morgan fingerprint density at radius 2 is 2.15 bits per heavy atom. The monoisotopic (exact) mass is 184 g/mol. The molecule has 0 saturated carbocycles. The van der Waals surface area contributed by atoms with Crippen molar-refractivity contribution in [2.45, 2.75) is 31.9 Å². The summed E-state index contributed by atoms with van der Waals surface area (Å²) < 4.78 is 5.75. The minimum Gasteiger partial charge on any atom is -0.374 e. The van der Waals surface area contributed by atoms with E-state index in [0.29, 0.717) is 12.1 Å². The summed E-state index contributed by atoms with van der Waals surface area (Å²) in [7, 11) is 0. The summed E-state index contributed by atoms with van der Waals surface area (Å²) in [5.41, 5.74) is 0. The van der Waals surface area contributed by atoms with Crippen LogP contribution in [0.25, 0.3) is 0 Å². The zero-order valence-corrected chi connectivity index (χ0v) is 8.46. The van der Waals surface area contributed by atoms with Gasteiger partial charge in [0.15, 0.2) is 0 Å². The average Bonchev–Trinajstić information content (AvgIpc) is 2.71. The van der Waals surface area contributed by atoms with E-state index in [1.807, 2.05) is 0 Å². The molecule has 2 heterocycles. The van der Waals surface area contributed by atoms with E-state index in [0.717, 1.165) is 19.7 Å². The lowest BCUT2D eigenvalue weighted by molar-refractivity contribution is -0.0206. The second-order valence-electron chi connectivity index (χ2n) is 4.10. The SMILES string of the molecule is CC(C1CNCCO1)N1CCCC1. The number of likely N-dealkylation sites (tertiary alicyclic amines) is 1. The number of nitrogens with zero attached hydrogens (tertiary/aromatic N) is 1. The third-order valence-corrected chi connectivity index (χ3v) is 3.21. The molecule has 0 amide bonds. The van der Waals surface area contributed by atoms with Crippen molar-refractivity contribution in [3.8, 4) is 0 Å². The first-order valence-corrected chi connectivity index (χ1v) is 5.44. The fraction of sp³-hybridized carbons (Fsp3) is 1.00. The number of ether oxygens (including phenoxy) is 1. The molecular formula is C10H20N2O. The van der Waals surface area contributed by atoms with Gasteiger partial charge in [-0.2, -0.15) is 0 Å². The number of morpholine rings is 1. The molecule has 2 fully saturated rings. The van der Waals surface area contributed by atoms with Crippen LogP contribution in [0.1, 0.15) is 19.8 Å². The highest BCUT2D eigenvalue weighted by molar-refractivity contribution is 4.82. The van der Waals surface area contributed by atoms with Crippen LogP contribution < -0.4 is 5.32 Å². The van der Waals surface area contributed by atoms with Crippen molar-refractivity contribution in [2.24, 2.45) is 0 Å². The Morgan fingerprint density at radius 3 is 2.77 bits per heavy atom. The van der Waals surface area contributed by atoms with Crippen LogP contribution in [-0.4, -0.2) is 49.8 Å². The van der Waals surface area contributed by atoms with E-state index < -0.39 is 0 Å². The lowest BCUT2D eigenvalue weighted by Crippen LogP contribution is -2.50. The first kappa shape index (κ1) is 9.44. The smallest absolute Gasteiger partial charge is 0.0852 e. The zero-order chi connectivity index (χ0) is 9.10. The Balaban J connectivity index is 1.83. The summed E-state index contributed by atoms with van der Waals surface area (Å²) in [5.74, 6) is 0. The number of hydrogen-bond donors (Lipinski definition) is 1. The van der Waals surface area contributed by atoms with Crippen LogP contribution in [-0.2, 0) is 4.74 Å². The summed E-state index contributed by atoms with van der Waals surface area (Å²) in [6.07, 6.45) is 3.14. The van der Waals surface area contributed by atoms with Gasteiger partial charge in [0.05, 0.1) is 12.7 Å². The fourth-order valence-electron chi connectivity index (χ4n) is 2.28. The quantitative estimate of drug-likeness (QED) is 0.675. The third kappa shape index (κ3) is 2.22. The van der Waals surface area contributed by atoms with Gasteiger partial charge in [0, 0.05) is 19.1 Å². The highest BCUT2D eigenvalue weighted by Crippen LogP contribution is 2.16. The van der Waals surface area contributed by atoms with E-state index in [1.165, 1.54) is 25.9 Å². The molecule has 0 spiro atoms. The van der Waals surface area contributed by atoms with Gasteiger partial charge in [-0.25, -0.2) is 0 Å². The number of hydrogen-bond acceptors (Lipinski definition) is 3. The van der Waals surface area contributed by atoms with Crippen molar-refractivity contribution in [1.82, 2.24) is 10.2 Å².